The van der Waals surface area contributed by atoms with Gasteiger partial charge in [-0.15, -0.1) is 0 Å². The molecule has 0 aromatic rings. The van der Waals surface area contributed by atoms with E-state index in [0.717, 1.165) is 6.42 Å². The van der Waals surface area contributed by atoms with E-state index in [-0.39, 0.29) is 24.9 Å². The van der Waals surface area contributed by atoms with Crippen LogP contribution in [0.5, 0.6) is 0 Å². The Hall–Kier alpha value is -0.250. The Morgan fingerprint density at radius 3 is 2.00 bits per heavy atom. The van der Waals surface area contributed by atoms with Crippen molar-refractivity contribution in [3.05, 3.63) is 0 Å². The van der Waals surface area contributed by atoms with Crippen LogP contribution in [0.3, 0.4) is 0 Å². The number of alkyl halides is 3. The molecule has 0 radical (unpaired) electrons. The molecule has 2 aliphatic rings. The third-order valence-corrected chi connectivity index (χ3v) is 4.05. The van der Waals surface area contributed by atoms with E-state index in [4.69, 9.17) is 0 Å². The summed E-state index contributed by atoms with van der Waals surface area (Å²) < 4.78 is 37.3. The standard InChI is InChI=1S/C12H19F3O/c13-12(14,15)10-5-3-9(4-6-10)11(16)7-8-1-2-8/h8-11,16H,1-7H2. The lowest BCUT2D eigenvalue weighted by Crippen LogP contribution is -2.32. The summed E-state index contributed by atoms with van der Waals surface area (Å²) in [6.45, 7) is 0. The summed E-state index contributed by atoms with van der Waals surface area (Å²) in [5.41, 5.74) is 0. The van der Waals surface area contributed by atoms with Crippen molar-refractivity contribution in [3.63, 3.8) is 0 Å². The Morgan fingerprint density at radius 1 is 1.00 bits per heavy atom. The van der Waals surface area contributed by atoms with Crippen LogP contribution in [0.25, 0.3) is 0 Å². The second-order valence-electron chi connectivity index (χ2n) is 5.40. The average Bonchev–Trinajstić information content (AvgIpc) is 3.00. The normalized spacial score (nSPS) is 33.8. The molecule has 0 heterocycles. The molecule has 1 atom stereocenters. The Bertz CT molecular complexity index is 227. The summed E-state index contributed by atoms with van der Waals surface area (Å²) in [6, 6.07) is 0. The number of rotatable bonds is 3. The highest BCUT2D eigenvalue weighted by atomic mass is 19.4. The number of aliphatic hydroxyl groups excluding tert-OH is 1. The van der Waals surface area contributed by atoms with Crippen LogP contribution in [0.4, 0.5) is 13.2 Å². The van der Waals surface area contributed by atoms with Crippen molar-refractivity contribution in [2.75, 3.05) is 0 Å². The molecule has 1 N–H and O–H groups in total. The van der Waals surface area contributed by atoms with Crippen molar-refractivity contribution in [2.45, 2.75) is 57.2 Å². The average molecular weight is 236 g/mol. The largest absolute Gasteiger partial charge is 0.393 e. The van der Waals surface area contributed by atoms with Crippen molar-refractivity contribution >= 4 is 0 Å². The SMILES string of the molecule is OC(CC1CC1)C1CCC(C(F)(F)F)CC1. The molecular weight excluding hydrogens is 217 g/mol. The number of hydrogen-bond acceptors (Lipinski definition) is 1. The molecule has 1 unspecified atom stereocenters. The van der Waals surface area contributed by atoms with Crippen molar-refractivity contribution in [2.24, 2.45) is 17.8 Å². The minimum atomic E-state index is -4.04. The first-order valence-corrected chi connectivity index (χ1v) is 6.21. The molecular formula is C12H19F3O. The van der Waals surface area contributed by atoms with E-state index in [1.807, 2.05) is 0 Å². The molecule has 2 saturated carbocycles. The molecule has 0 aromatic carbocycles. The quantitative estimate of drug-likeness (QED) is 0.795. The minimum absolute atomic E-state index is 0.110. The van der Waals surface area contributed by atoms with E-state index < -0.39 is 12.1 Å². The van der Waals surface area contributed by atoms with Gasteiger partial charge < -0.3 is 5.11 Å². The van der Waals surface area contributed by atoms with Crippen LogP contribution in [0.2, 0.25) is 0 Å². The maximum atomic E-state index is 12.4. The molecule has 0 saturated heterocycles. The van der Waals surface area contributed by atoms with Gasteiger partial charge >= 0.3 is 6.18 Å². The highest BCUT2D eigenvalue weighted by molar-refractivity contribution is 4.84. The molecule has 16 heavy (non-hydrogen) atoms. The van der Waals surface area contributed by atoms with Crippen molar-refractivity contribution in [3.8, 4) is 0 Å². The number of halogens is 3. The summed E-state index contributed by atoms with van der Waals surface area (Å²) >= 11 is 0. The van der Waals surface area contributed by atoms with Crippen molar-refractivity contribution < 1.29 is 18.3 Å². The lowest BCUT2D eigenvalue weighted by Gasteiger charge is -2.32. The molecule has 0 aromatic heterocycles. The molecule has 1 nitrogen and oxygen atoms in total. The first kappa shape index (κ1) is 12.2. The Kier molecular flexibility index (Phi) is 3.48. The summed E-state index contributed by atoms with van der Waals surface area (Å²) in [4.78, 5) is 0. The van der Waals surface area contributed by atoms with Crippen LogP contribution >= 0.6 is 0 Å². The molecule has 0 spiro atoms. The lowest BCUT2D eigenvalue weighted by molar-refractivity contribution is -0.185. The van der Waals surface area contributed by atoms with Gasteiger partial charge in [-0.2, -0.15) is 13.2 Å². The van der Waals surface area contributed by atoms with Gasteiger partial charge in [-0.3, -0.25) is 0 Å². The van der Waals surface area contributed by atoms with Crippen LogP contribution in [-0.2, 0) is 0 Å². The fraction of sp³-hybridized carbons (Fsp3) is 1.00. The zero-order chi connectivity index (χ0) is 11.8. The molecule has 0 amide bonds. The van der Waals surface area contributed by atoms with E-state index in [1.54, 1.807) is 0 Å². The van der Waals surface area contributed by atoms with Crippen LogP contribution in [-0.4, -0.2) is 17.4 Å². The fourth-order valence-electron chi connectivity index (χ4n) is 2.72. The van der Waals surface area contributed by atoms with Crippen molar-refractivity contribution in [1.82, 2.24) is 0 Å². The van der Waals surface area contributed by atoms with Gasteiger partial charge in [0.2, 0.25) is 0 Å². The molecule has 0 bridgehead atoms. The zero-order valence-corrected chi connectivity index (χ0v) is 9.34. The Morgan fingerprint density at radius 2 is 1.56 bits per heavy atom. The van der Waals surface area contributed by atoms with Gasteiger partial charge in [0.25, 0.3) is 0 Å². The van der Waals surface area contributed by atoms with Gasteiger partial charge in [0.05, 0.1) is 12.0 Å². The summed E-state index contributed by atoms with van der Waals surface area (Å²) in [6.07, 6.45) is 0.279. The summed E-state index contributed by atoms with van der Waals surface area (Å²) in [5, 5.41) is 9.89. The van der Waals surface area contributed by atoms with Gasteiger partial charge in [-0.1, -0.05) is 12.8 Å². The first-order chi connectivity index (χ1) is 7.47. The van der Waals surface area contributed by atoms with Gasteiger partial charge in [-0.05, 0) is 43.9 Å². The fourth-order valence-corrected chi connectivity index (χ4v) is 2.72. The van der Waals surface area contributed by atoms with Crippen LogP contribution in [0.15, 0.2) is 0 Å². The van der Waals surface area contributed by atoms with Crippen molar-refractivity contribution in [1.29, 1.82) is 0 Å². The number of aliphatic hydroxyl groups is 1. The highest BCUT2D eigenvalue weighted by Gasteiger charge is 2.42. The van der Waals surface area contributed by atoms with E-state index in [0.29, 0.717) is 18.8 Å². The Balaban J connectivity index is 1.75. The second kappa shape index (κ2) is 4.55. The maximum Gasteiger partial charge on any atom is 0.391 e. The third-order valence-electron chi connectivity index (χ3n) is 4.05. The smallest absolute Gasteiger partial charge is 0.391 e. The van der Waals surface area contributed by atoms with Crippen LogP contribution in [0.1, 0.15) is 44.9 Å². The molecule has 2 rings (SSSR count). The topological polar surface area (TPSA) is 20.2 Å². The molecule has 0 aliphatic heterocycles. The van der Waals surface area contributed by atoms with Gasteiger partial charge in [-0.25, -0.2) is 0 Å². The zero-order valence-electron chi connectivity index (χ0n) is 9.34. The summed E-state index contributed by atoms with van der Waals surface area (Å²) in [7, 11) is 0. The van der Waals surface area contributed by atoms with Crippen LogP contribution < -0.4 is 0 Å². The molecule has 2 fully saturated rings. The molecule has 4 heteroatoms. The van der Waals surface area contributed by atoms with Gasteiger partial charge in [0, 0.05) is 0 Å². The van der Waals surface area contributed by atoms with E-state index in [1.165, 1.54) is 12.8 Å². The monoisotopic (exact) mass is 236 g/mol. The predicted molar refractivity (Wildman–Crippen MR) is 54.9 cm³/mol. The third kappa shape index (κ3) is 3.12. The molecule has 2 aliphatic carbocycles. The number of hydrogen-bond donors (Lipinski definition) is 1. The van der Waals surface area contributed by atoms with E-state index >= 15 is 0 Å². The predicted octanol–water partition coefficient (Wildman–Crippen LogP) is 3.52. The van der Waals surface area contributed by atoms with E-state index in [2.05, 4.69) is 0 Å². The summed E-state index contributed by atoms with van der Waals surface area (Å²) in [5.74, 6) is -0.369. The van der Waals surface area contributed by atoms with Crippen LogP contribution in [0, 0.1) is 17.8 Å². The first-order valence-electron chi connectivity index (χ1n) is 6.21. The van der Waals surface area contributed by atoms with Gasteiger partial charge in [0.1, 0.15) is 0 Å². The second-order valence-corrected chi connectivity index (χ2v) is 5.40. The highest BCUT2D eigenvalue weighted by Crippen LogP contribution is 2.42. The molecule has 94 valence electrons. The lowest BCUT2D eigenvalue weighted by atomic mass is 9.78. The van der Waals surface area contributed by atoms with E-state index in [9.17, 15) is 18.3 Å². The minimum Gasteiger partial charge on any atom is -0.393 e. The Labute approximate surface area is 94.0 Å². The maximum absolute atomic E-state index is 12.4. The van der Waals surface area contributed by atoms with Gasteiger partial charge in [0.15, 0.2) is 0 Å².